The van der Waals surface area contributed by atoms with Gasteiger partial charge in [-0.15, -0.1) is 11.3 Å². The van der Waals surface area contributed by atoms with Crippen LogP contribution in [0.25, 0.3) is 0 Å². The first-order valence-corrected chi connectivity index (χ1v) is 9.28. The summed E-state index contributed by atoms with van der Waals surface area (Å²) in [5.74, 6) is 0.131. The zero-order chi connectivity index (χ0) is 18.2. The fraction of sp³-hybridized carbons (Fsp3) is 0.294. The molecule has 1 aromatic carbocycles. The van der Waals surface area contributed by atoms with E-state index in [1.54, 1.807) is 19.2 Å². The minimum Gasteiger partial charge on any atom is -0.362 e. The first-order valence-electron chi connectivity index (χ1n) is 7.71. The van der Waals surface area contributed by atoms with Crippen LogP contribution < -0.4 is 16.0 Å². The Morgan fingerprint density at radius 1 is 1.32 bits per heavy atom. The lowest BCUT2D eigenvalue weighted by Crippen LogP contribution is -2.38. The molecule has 0 aliphatic carbocycles. The van der Waals surface area contributed by atoms with Gasteiger partial charge in [0, 0.05) is 28.6 Å². The number of nitrogens with one attached hydrogen (secondary N) is 3. The number of hydrogen-bond acceptors (Lipinski definition) is 4. The maximum absolute atomic E-state index is 12.5. The summed E-state index contributed by atoms with van der Waals surface area (Å²) >= 11 is 13.5. The van der Waals surface area contributed by atoms with Crippen LogP contribution >= 0.6 is 34.5 Å². The Morgan fingerprint density at radius 2 is 2.08 bits per heavy atom. The summed E-state index contributed by atoms with van der Waals surface area (Å²) in [6.07, 6.45) is 1.56. The van der Waals surface area contributed by atoms with Crippen LogP contribution in [-0.2, 0) is 9.59 Å². The van der Waals surface area contributed by atoms with E-state index in [4.69, 9.17) is 28.0 Å². The van der Waals surface area contributed by atoms with E-state index in [0.29, 0.717) is 17.1 Å². The Kier molecular flexibility index (Phi) is 7.71. The number of thiophene rings is 1. The molecule has 2 aromatic rings. The van der Waals surface area contributed by atoms with E-state index < -0.39 is 0 Å². The number of carbonyl (C=O) groups excluding carboxylic acids is 2. The van der Waals surface area contributed by atoms with Gasteiger partial charge in [-0.3, -0.25) is 9.59 Å². The fourth-order valence-corrected chi connectivity index (χ4v) is 4.02. The van der Waals surface area contributed by atoms with Crippen molar-refractivity contribution in [2.75, 3.05) is 18.9 Å². The molecule has 1 saturated heterocycles. The molecule has 25 heavy (non-hydrogen) atoms. The molecule has 0 spiro atoms. The highest BCUT2D eigenvalue weighted by atomic mass is 35.5. The van der Waals surface area contributed by atoms with Crippen molar-refractivity contribution < 1.29 is 9.59 Å². The minimum atomic E-state index is -0.237. The third-order valence-electron chi connectivity index (χ3n) is 3.67. The SMILES string of the molecule is CNC=O.O=C(Nc1cccc(Cl)c1)C1NCCC1c1ccc(Cl)s1. The molecule has 2 amide bonds. The van der Waals surface area contributed by atoms with Crippen molar-refractivity contribution in [3.8, 4) is 0 Å². The van der Waals surface area contributed by atoms with Crippen LogP contribution in [0.3, 0.4) is 0 Å². The highest BCUT2D eigenvalue weighted by Gasteiger charge is 2.34. The lowest BCUT2D eigenvalue weighted by molar-refractivity contribution is -0.118. The van der Waals surface area contributed by atoms with Gasteiger partial charge in [-0.2, -0.15) is 0 Å². The molecule has 0 saturated carbocycles. The van der Waals surface area contributed by atoms with Crippen molar-refractivity contribution in [1.82, 2.24) is 10.6 Å². The first-order chi connectivity index (χ1) is 12.0. The summed E-state index contributed by atoms with van der Waals surface area (Å²) in [5, 5.41) is 9.04. The zero-order valence-corrected chi connectivity index (χ0v) is 15.9. The van der Waals surface area contributed by atoms with E-state index in [9.17, 15) is 4.79 Å². The molecule has 0 bridgehead atoms. The highest BCUT2D eigenvalue weighted by Crippen LogP contribution is 2.35. The van der Waals surface area contributed by atoms with E-state index in [2.05, 4.69) is 16.0 Å². The molecule has 1 fully saturated rings. The second kappa shape index (κ2) is 9.77. The molecular formula is C17H19Cl2N3O2S. The van der Waals surface area contributed by atoms with Gasteiger partial charge in [0.05, 0.1) is 10.4 Å². The molecule has 134 valence electrons. The van der Waals surface area contributed by atoms with Crippen LogP contribution in [0.15, 0.2) is 36.4 Å². The second-order valence-corrected chi connectivity index (χ2v) is 7.56. The molecular weight excluding hydrogens is 381 g/mol. The third kappa shape index (κ3) is 5.71. The molecule has 1 aliphatic heterocycles. The molecule has 8 heteroatoms. The molecule has 2 heterocycles. The van der Waals surface area contributed by atoms with Crippen molar-refractivity contribution in [2.45, 2.75) is 18.4 Å². The average molecular weight is 400 g/mol. The predicted octanol–water partition coefficient (Wildman–Crippen LogP) is 3.50. The Labute approximate surface area is 160 Å². The Balaban J connectivity index is 0.000000511. The lowest BCUT2D eigenvalue weighted by atomic mass is 9.98. The number of hydrogen-bond donors (Lipinski definition) is 3. The number of anilines is 1. The second-order valence-electron chi connectivity index (χ2n) is 5.37. The summed E-state index contributed by atoms with van der Waals surface area (Å²) in [4.78, 5) is 22.7. The van der Waals surface area contributed by atoms with Gasteiger partial charge in [-0.05, 0) is 43.3 Å². The molecule has 5 nitrogen and oxygen atoms in total. The van der Waals surface area contributed by atoms with Crippen molar-refractivity contribution in [3.63, 3.8) is 0 Å². The van der Waals surface area contributed by atoms with Gasteiger partial charge < -0.3 is 16.0 Å². The monoisotopic (exact) mass is 399 g/mol. The van der Waals surface area contributed by atoms with Crippen molar-refractivity contribution in [2.24, 2.45) is 0 Å². The lowest BCUT2D eigenvalue weighted by Gasteiger charge is -2.18. The summed E-state index contributed by atoms with van der Waals surface area (Å²) in [6, 6.07) is 10.8. The Hall–Kier alpha value is -1.60. The van der Waals surface area contributed by atoms with Gasteiger partial charge >= 0.3 is 0 Å². The van der Waals surface area contributed by atoms with Gasteiger partial charge in [-0.1, -0.05) is 29.3 Å². The fourth-order valence-electron chi connectivity index (χ4n) is 2.60. The van der Waals surface area contributed by atoms with E-state index in [-0.39, 0.29) is 17.9 Å². The quantitative estimate of drug-likeness (QED) is 0.688. The molecule has 1 aromatic heterocycles. The van der Waals surface area contributed by atoms with Crippen LogP contribution in [0, 0.1) is 0 Å². The van der Waals surface area contributed by atoms with Gasteiger partial charge in [0.25, 0.3) is 0 Å². The maximum atomic E-state index is 12.5. The van der Waals surface area contributed by atoms with Gasteiger partial charge in [0.2, 0.25) is 12.3 Å². The average Bonchev–Trinajstić information content (AvgIpc) is 3.23. The number of halogens is 2. The normalized spacial score (nSPS) is 18.8. The summed E-state index contributed by atoms with van der Waals surface area (Å²) < 4.78 is 0.755. The molecule has 3 N–H and O–H groups in total. The van der Waals surface area contributed by atoms with E-state index >= 15 is 0 Å². The molecule has 1 aliphatic rings. The van der Waals surface area contributed by atoms with E-state index in [1.807, 2.05) is 24.3 Å². The first kappa shape index (κ1) is 19.7. The maximum Gasteiger partial charge on any atom is 0.242 e. The molecule has 0 radical (unpaired) electrons. The Bertz CT molecular complexity index is 723. The van der Waals surface area contributed by atoms with Crippen LogP contribution in [0.1, 0.15) is 17.2 Å². The van der Waals surface area contributed by atoms with Crippen molar-refractivity contribution in [3.05, 3.63) is 50.6 Å². The number of carbonyl (C=O) groups is 2. The van der Waals surface area contributed by atoms with Crippen LogP contribution in [0.5, 0.6) is 0 Å². The third-order valence-corrected chi connectivity index (χ3v) is 5.27. The largest absolute Gasteiger partial charge is 0.362 e. The van der Waals surface area contributed by atoms with Gasteiger partial charge in [-0.25, -0.2) is 0 Å². The summed E-state index contributed by atoms with van der Waals surface area (Å²) in [5.41, 5.74) is 0.712. The topological polar surface area (TPSA) is 70.2 Å². The highest BCUT2D eigenvalue weighted by molar-refractivity contribution is 7.16. The minimum absolute atomic E-state index is 0.0377. The van der Waals surface area contributed by atoms with Crippen molar-refractivity contribution in [1.29, 1.82) is 0 Å². The van der Waals surface area contributed by atoms with Gasteiger partial charge in [0.1, 0.15) is 0 Å². The van der Waals surface area contributed by atoms with Crippen LogP contribution in [-0.4, -0.2) is 32.0 Å². The van der Waals surface area contributed by atoms with E-state index in [0.717, 1.165) is 22.2 Å². The molecule has 2 atom stereocenters. The smallest absolute Gasteiger partial charge is 0.242 e. The van der Waals surface area contributed by atoms with Gasteiger partial charge in [0.15, 0.2) is 0 Å². The summed E-state index contributed by atoms with van der Waals surface area (Å²) in [6.45, 7) is 0.827. The van der Waals surface area contributed by atoms with Crippen molar-refractivity contribution >= 4 is 52.5 Å². The molecule has 2 unspecified atom stereocenters. The summed E-state index contributed by atoms with van der Waals surface area (Å²) in [7, 11) is 1.56. The van der Waals surface area contributed by atoms with E-state index in [1.165, 1.54) is 11.3 Å². The molecule has 3 rings (SSSR count). The number of amides is 2. The van der Waals surface area contributed by atoms with Crippen LogP contribution in [0.4, 0.5) is 5.69 Å². The van der Waals surface area contributed by atoms with Crippen LogP contribution in [0.2, 0.25) is 9.36 Å². The number of benzene rings is 1. The predicted molar refractivity (Wildman–Crippen MR) is 104 cm³/mol. The Morgan fingerprint density at radius 3 is 2.68 bits per heavy atom. The number of rotatable bonds is 4. The standard InChI is InChI=1S/C15H14Cl2N2OS.C2H5NO/c16-9-2-1-3-10(8-9)19-15(20)14-11(6-7-18-14)12-4-5-13(17)21-12;1-3-2-4/h1-5,8,11,14,18H,6-7H2,(H,19,20);2H,1H3,(H,3,4). The zero-order valence-electron chi connectivity index (χ0n) is 13.6.